The highest BCUT2D eigenvalue weighted by Gasteiger charge is 2.43. The van der Waals surface area contributed by atoms with Gasteiger partial charge >= 0.3 is 6.03 Å². The lowest BCUT2D eigenvalue weighted by Gasteiger charge is -2.24. The molecule has 1 unspecified atom stereocenters. The normalized spacial score (nSPS) is 31.5. The molecule has 2 aliphatic heterocycles. The molecular formula is C11H21N3O. The van der Waals surface area contributed by atoms with E-state index in [2.05, 4.69) is 17.1 Å². The molecule has 0 aromatic carbocycles. The molecule has 1 N–H and O–H groups in total. The van der Waals surface area contributed by atoms with Crippen molar-refractivity contribution in [1.82, 2.24) is 15.1 Å². The van der Waals surface area contributed by atoms with E-state index in [-0.39, 0.29) is 6.03 Å². The second kappa shape index (κ2) is 4.00. The van der Waals surface area contributed by atoms with Gasteiger partial charge in [-0.25, -0.2) is 4.79 Å². The number of carbonyl (C=O) groups excluding carboxylic acids is 1. The number of nitrogens with one attached hydrogen (secondary N) is 1. The summed E-state index contributed by atoms with van der Waals surface area (Å²) in [4.78, 5) is 16.0. The van der Waals surface area contributed by atoms with E-state index in [1.165, 1.54) is 25.9 Å². The summed E-state index contributed by atoms with van der Waals surface area (Å²) >= 11 is 0. The Labute approximate surface area is 91.6 Å². The molecule has 0 aliphatic carbocycles. The minimum Gasteiger partial charge on any atom is -0.341 e. The molecule has 0 saturated carbocycles. The van der Waals surface area contributed by atoms with Gasteiger partial charge in [-0.3, -0.25) is 0 Å². The van der Waals surface area contributed by atoms with Gasteiger partial charge in [0.2, 0.25) is 0 Å². The van der Waals surface area contributed by atoms with Gasteiger partial charge in [-0.1, -0.05) is 6.92 Å². The van der Waals surface area contributed by atoms with E-state index < -0.39 is 0 Å². The lowest BCUT2D eigenvalue weighted by atomic mass is 9.86. The Bertz CT molecular complexity index is 256. The first-order chi connectivity index (χ1) is 7.19. The van der Waals surface area contributed by atoms with Crippen molar-refractivity contribution in [2.75, 3.05) is 39.8 Å². The molecule has 1 atom stereocenters. The zero-order valence-electron chi connectivity index (χ0n) is 9.75. The monoisotopic (exact) mass is 211 g/mol. The number of rotatable bonds is 1. The molecule has 4 nitrogen and oxygen atoms in total. The Morgan fingerprint density at radius 3 is 2.67 bits per heavy atom. The first-order valence-electron chi connectivity index (χ1n) is 5.88. The fourth-order valence-corrected chi connectivity index (χ4v) is 2.90. The summed E-state index contributed by atoms with van der Waals surface area (Å²) in [5, 5.41) is 2.71. The third-order valence-electron chi connectivity index (χ3n) is 3.90. The van der Waals surface area contributed by atoms with Crippen molar-refractivity contribution in [1.29, 1.82) is 0 Å². The Balaban J connectivity index is 1.94. The molecule has 1 spiro atoms. The van der Waals surface area contributed by atoms with Crippen LogP contribution in [-0.4, -0.2) is 55.6 Å². The standard InChI is InChI=1S/C11H21N3O/c1-3-13-6-4-11(8-13)5-7-14(9-11)10(15)12-2/h3-9H2,1-2H3,(H,12,15). The predicted octanol–water partition coefficient (Wildman–Crippen LogP) is 0.743. The third kappa shape index (κ3) is 1.95. The van der Waals surface area contributed by atoms with E-state index in [9.17, 15) is 4.79 Å². The maximum atomic E-state index is 11.5. The van der Waals surface area contributed by atoms with Crippen LogP contribution in [0, 0.1) is 5.41 Å². The summed E-state index contributed by atoms with van der Waals surface area (Å²) in [7, 11) is 1.71. The summed E-state index contributed by atoms with van der Waals surface area (Å²) in [6, 6.07) is 0.0850. The van der Waals surface area contributed by atoms with Crippen LogP contribution in [0.2, 0.25) is 0 Å². The molecule has 2 saturated heterocycles. The molecule has 0 aromatic rings. The highest BCUT2D eigenvalue weighted by molar-refractivity contribution is 5.74. The number of urea groups is 1. The lowest BCUT2D eigenvalue weighted by Crippen LogP contribution is -2.38. The summed E-state index contributed by atoms with van der Waals surface area (Å²) in [5.41, 5.74) is 0.405. The number of likely N-dealkylation sites (tertiary alicyclic amines) is 2. The Morgan fingerprint density at radius 2 is 2.07 bits per heavy atom. The van der Waals surface area contributed by atoms with E-state index in [1.54, 1.807) is 7.05 Å². The second-order valence-corrected chi connectivity index (χ2v) is 4.85. The van der Waals surface area contributed by atoms with Crippen LogP contribution in [0.5, 0.6) is 0 Å². The van der Waals surface area contributed by atoms with E-state index in [4.69, 9.17) is 0 Å². The van der Waals surface area contributed by atoms with Crippen molar-refractivity contribution in [3.05, 3.63) is 0 Å². The fourth-order valence-electron chi connectivity index (χ4n) is 2.90. The predicted molar refractivity (Wildman–Crippen MR) is 59.8 cm³/mol. The van der Waals surface area contributed by atoms with Gasteiger partial charge in [0.15, 0.2) is 0 Å². The van der Waals surface area contributed by atoms with Gasteiger partial charge in [-0.15, -0.1) is 0 Å². The zero-order chi connectivity index (χ0) is 10.9. The molecule has 2 aliphatic rings. The van der Waals surface area contributed by atoms with Gasteiger partial charge in [-0.05, 0) is 25.9 Å². The summed E-state index contributed by atoms with van der Waals surface area (Å²) in [6.45, 7) is 7.61. The first-order valence-corrected chi connectivity index (χ1v) is 5.88. The first kappa shape index (κ1) is 10.7. The van der Waals surface area contributed by atoms with Gasteiger partial charge in [-0.2, -0.15) is 0 Å². The molecule has 4 heteroatoms. The molecule has 0 radical (unpaired) electrons. The van der Waals surface area contributed by atoms with Crippen molar-refractivity contribution in [2.24, 2.45) is 5.41 Å². The molecule has 2 fully saturated rings. The highest BCUT2D eigenvalue weighted by Crippen LogP contribution is 2.39. The third-order valence-corrected chi connectivity index (χ3v) is 3.90. The highest BCUT2D eigenvalue weighted by atomic mass is 16.2. The Hall–Kier alpha value is -0.770. The van der Waals surface area contributed by atoms with E-state index in [0.29, 0.717) is 5.41 Å². The van der Waals surface area contributed by atoms with E-state index >= 15 is 0 Å². The number of hydrogen-bond donors (Lipinski definition) is 1. The van der Waals surface area contributed by atoms with Gasteiger partial charge in [0.25, 0.3) is 0 Å². The minimum absolute atomic E-state index is 0.0850. The smallest absolute Gasteiger partial charge is 0.317 e. The summed E-state index contributed by atoms with van der Waals surface area (Å²) < 4.78 is 0. The number of carbonyl (C=O) groups is 1. The van der Waals surface area contributed by atoms with Gasteiger partial charge in [0, 0.05) is 32.1 Å². The van der Waals surface area contributed by atoms with Crippen molar-refractivity contribution in [2.45, 2.75) is 19.8 Å². The van der Waals surface area contributed by atoms with Crippen molar-refractivity contribution < 1.29 is 4.79 Å². The van der Waals surface area contributed by atoms with Gasteiger partial charge in [0.05, 0.1) is 0 Å². The Kier molecular flexibility index (Phi) is 2.87. The van der Waals surface area contributed by atoms with Crippen LogP contribution in [0.15, 0.2) is 0 Å². The molecular weight excluding hydrogens is 190 g/mol. The van der Waals surface area contributed by atoms with E-state index in [0.717, 1.165) is 19.6 Å². The quantitative estimate of drug-likeness (QED) is 0.694. The average Bonchev–Trinajstić information content (AvgIpc) is 2.86. The fraction of sp³-hybridized carbons (Fsp3) is 0.909. The average molecular weight is 211 g/mol. The van der Waals surface area contributed by atoms with E-state index in [1.807, 2.05) is 4.90 Å². The molecule has 0 aromatic heterocycles. The number of amides is 2. The second-order valence-electron chi connectivity index (χ2n) is 4.85. The lowest BCUT2D eigenvalue weighted by molar-refractivity contribution is 0.201. The zero-order valence-corrected chi connectivity index (χ0v) is 9.75. The SMILES string of the molecule is CCN1CCC2(CCN(C(=O)NC)C2)C1. The van der Waals surface area contributed by atoms with Crippen molar-refractivity contribution >= 4 is 6.03 Å². The molecule has 0 bridgehead atoms. The van der Waals surface area contributed by atoms with Crippen LogP contribution >= 0.6 is 0 Å². The van der Waals surface area contributed by atoms with Crippen LogP contribution < -0.4 is 5.32 Å². The number of nitrogens with zero attached hydrogens (tertiary/aromatic N) is 2. The maximum absolute atomic E-state index is 11.5. The van der Waals surface area contributed by atoms with Crippen LogP contribution in [0.25, 0.3) is 0 Å². The van der Waals surface area contributed by atoms with Crippen LogP contribution in [0.1, 0.15) is 19.8 Å². The molecule has 2 heterocycles. The summed E-state index contributed by atoms with van der Waals surface area (Å²) in [6.07, 6.45) is 2.44. The van der Waals surface area contributed by atoms with Crippen molar-refractivity contribution in [3.8, 4) is 0 Å². The Morgan fingerprint density at radius 1 is 1.33 bits per heavy atom. The molecule has 2 rings (SSSR count). The van der Waals surface area contributed by atoms with Crippen molar-refractivity contribution in [3.63, 3.8) is 0 Å². The molecule has 86 valence electrons. The van der Waals surface area contributed by atoms with Gasteiger partial charge in [0.1, 0.15) is 0 Å². The van der Waals surface area contributed by atoms with Crippen LogP contribution in [0.3, 0.4) is 0 Å². The molecule has 2 amide bonds. The minimum atomic E-state index is 0.0850. The maximum Gasteiger partial charge on any atom is 0.317 e. The largest absolute Gasteiger partial charge is 0.341 e. The number of hydrogen-bond acceptors (Lipinski definition) is 2. The topological polar surface area (TPSA) is 35.6 Å². The summed E-state index contributed by atoms with van der Waals surface area (Å²) in [5.74, 6) is 0. The van der Waals surface area contributed by atoms with Gasteiger partial charge < -0.3 is 15.1 Å². The molecule has 15 heavy (non-hydrogen) atoms. The van der Waals surface area contributed by atoms with Crippen LogP contribution in [0.4, 0.5) is 4.79 Å². The van der Waals surface area contributed by atoms with Crippen LogP contribution in [-0.2, 0) is 0 Å².